The molecule has 2 N–H and O–H groups in total. The van der Waals surface area contributed by atoms with Crippen molar-refractivity contribution in [3.8, 4) is 0 Å². The van der Waals surface area contributed by atoms with Gasteiger partial charge in [-0.3, -0.25) is 0 Å². The van der Waals surface area contributed by atoms with Gasteiger partial charge in [-0.1, -0.05) is 12.1 Å². The number of hydrogen-bond acceptors (Lipinski definition) is 3. The zero-order valence-electron chi connectivity index (χ0n) is 10.0. The Balaban J connectivity index is 2.01. The quantitative estimate of drug-likeness (QED) is 0.863. The van der Waals surface area contributed by atoms with Crippen molar-refractivity contribution in [1.29, 1.82) is 0 Å². The van der Waals surface area contributed by atoms with E-state index < -0.39 is 15.8 Å². The van der Waals surface area contributed by atoms with Crippen LogP contribution < -0.4 is 10.0 Å². The van der Waals surface area contributed by atoms with E-state index in [1.165, 1.54) is 18.2 Å². The molecule has 1 aliphatic heterocycles. The molecule has 1 aromatic rings. The average molecular weight is 272 g/mol. The molecule has 0 bridgehead atoms. The van der Waals surface area contributed by atoms with Crippen LogP contribution in [0.25, 0.3) is 0 Å². The Bertz CT molecular complexity index is 499. The molecule has 2 rings (SSSR count). The summed E-state index contributed by atoms with van der Waals surface area (Å²) in [7, 11) is -3.74. The molecule has 100 valence electrons. The Hall–Kier alpha value is -0.980. The van der Waals surface area contributed by atoms with Gasteiger partial charge in [-0.15, -0.1) is 0 Å². The van der Waals surface area contributed by atoms with E-state index in [4.69, 9.17) is 0 Å². The Morgan fingerprint density at radius 1 is 1.39 bits per heavy atom. The van der Waals surface area contributed by atoms with Crippen LogP contribution in [0.1, 0.15) is 12.8 Å². The third-order valence-corrected chi connectivity index (χ3v) is 4.54. The second-order valence-electron chi connectivity index (χ2n) is 4.49. The lowest BCUT2D eigenvalue weighted by Gasteiger charge is -2.22. The molecule has 0 amide bonds. The van der Waals surface area contributed by atoms with Crippen LogP contribution in [0.4, 0.5) is 4.39 Å². The molecule has 1 heterocycles. The highest BCUT2D eigenvalue weighted by atomic mass is 32.2. The van der Waals surface area contributed by atoms with Crippen LogP contribution in [-0.2, 0) is 10.0 Å². The Morgan fingerprint density at radius 3 is 2.83 bits per heavy atom. The van der Waals surface area contributed by atoms with Crippen LogP contribution >= 0.6 is 0 Å². The van der Waals surface area contributed by atoms with Crippen molar-refractivity contribution in [2.45, 2.75) is 17.7 Å². The lowest BCUT2D eigenvalue weighted by atomic mass is 10.0. The van der Waals surface area contributed by atoms with Crippen molar-refractivity contribution in [3.63, 3.8) is 0 Å². The predicted molar refractivity (Wildman–Crippen MR) is 67.2 cm³/mol. The molecule has 0 saturated carbocycles. The van der Waals surface area contributed by atoms with Crippen molar-refractivity contribution in [1.82, 2.24) is 10.0 Å². The third-order valence-electron chi connectivity index (χ3n) is 3.09. The fraction of sp³-hybridized carbons (Fsp3) is 0.500. The SMILES string of the molecule is O=S(=O)(NC[C@H]1CCCNC1)c1ccccc1F. The van der Waals surface area contributed by atoms with E-state index >= 15 is 0 Å². The van der Waals surface area contributed by atoms with Crippen LogP contribution in [0.5, 0.6) is 0 Å². The summed E-state index contributed by atoms with van der Waals surface area (Å²) in [5, 5.41) is 3.21. The maximum Gasteiger partial charge on any atom is 0.243 e. The number of hydrogen-bond donors (Lipinski definition) is 2. The maximum absolute atomic E-state index is 13.4. The first-order valence-corrected chi connectivity index (χ1v) is 7.53. The van der Waals surface area contributed by atoms with E-state index in [1.807, 2.05) is 0 Å². The minimum atomic E-state index is -3.74. The van der Waals surface area contributed by atoms with E-state index in [-0.39, 0.29) is 10.8 Å². The second-order valence-corrected chi connectivity index (χ2v) is 6.23. The molecule has 1 fully saturated rings. The highest BCUT2D eigenvalue weighted by molar-refractivity contribution is 7.89. The van der Waals surface area contributed by atoms with Crippen LogP contribution in [-0.4, -0.2) is 28.1 Å². The van der Waals surface area contributed by atoms with E-state index in [0.717, 1.165) is 32.0 Å². The van der Waals surface area contributed by atoms with Gasteiger partial charge in [0.15, 0.2) is 0 Å². The smallest absolute Gasteiger partial charge is 0.243 e. The third kappa shape index (κ3) is 3.28. The fourth-order valence-electron chi connectivity index (χ4n) is 2.07. The van der Waals surface area contributed by atoms with Crippen molar-refractivity contribution in [3.05, 3.63) is 30.1 Å². The summed E-state index contributed by atoms with van der Waals surface area (Å²) in [6, 6.07) is 5.41. The van der Waals surface area contributed by atoms with Crippen molar-refractivity contribution in [2.75, 3.05) is 19.6 Å². The molecule has 6 heteroatoms. The van der Waals surface area contributed by atoms with Crippen molar-refractivity contribution in [2.24, 2.45) is 5.92 Å². The number of nitrogens with one attached hydrogen (secondary N) is 2. The predicted octanol–water partition coefficient (Wildman–Crippen LogP) is 1.10. The van der Waals surface area contributed by atoms with Crippen LogP contribution in [0.15, 0.2) is 29.2 Å². The molecule has 1 aliphatic rings. The van der Waals surface area contributed by atoms with Crippen LogP contribution in [0, 0.1) is 11.7 Å². The number of halogens is 1. The first kappa shape index (κ1) is 13.5. The summed E-state index contributed by atoms with van der Waals surface area (Å²) in [6.07, 6.45) is 2.04. The average Bonchev–Trinajstić information content (AvgIpc) is 2.38. The normalized spacial score (nSPS) is 20.8. The molecule has 1 atom stereocenters. The number of benzene rings is 1. The summed E-state index contributed by atoms with van der Waals surface area (Å²) in [6.45, 7) is 2.14. The summed E-state index contributed by atoms with van der Waals surface area (Å²) >= 11 is 0. The Kier molecular flexibility index (Phi) is 4.31. The molecule has 0 unspecified atom stereocenters. The van der Waals surface area contributed by atoms with Crippen molar-refractivity contribution < 1.29 is 12.8 Å². The largest absolute Gasteiger partial charge is 0.316 e. The van der Waals surface area contributed by atoms with Crippen LogP contribution in [0.3, 0.4) is 0 Å². The van der Waals surface area contributed by atoms with Crippen molar-refractivity contribution >= 4 is 10.0 Å². The van der Waals surface area contributed by atoms with Gasteiger partial charge >= 0.3 is 0 Å². The van der Waals surface area contributed by atoms with E-state index in [9.17, 15) is 12.8 Å². The summed E-state index contributed by atoms with van der Waals surface area (Å²) in [5.41, 5.74) is 0. The lowest BCUT2D eigenvalue weighted by Crippen LogP contribution is -2.38. The van der Waals surface area contributed by atoms with Gasteiger partial charge in [0, 0.05) is 6.54 Å². The van der Waals surface area contributed by atoms with Gasteiger partial charge in [0.1, 0.15) is 10.7 Å². The lowest BCUT2D eigenvalue weighted by molar-refractivity contribution is 0.375. The van der Waals surface area contributed by atoms with E-state index in [2.05, 4.69) is 10.0 Å². The molecule has 4 nitrogen and oxygen atoms in total. The van der Waals surface area contributed by atoms with E-state index in [0.29, 0.717) is 6.54 Å². The van der Waals surface area contributed by atoms with E-state index in [1.54, 1.807) is 0 Å². The standard InChI is InChI=1S/C12H17FN2O2S/c13-11-5-1-2-6-12(11)18(16,17)15-9-10-4-3-7-14-8-10/h1-2,5-6,10,14-15H,3-4,7-9H2/t10-/m0/s1. The second kappa shape index (κ2) is 5.77. The summed E-state index contributed by atoms with van der Waals surface area (Å²) in [4.78, 5) is -0.284. The van der Waals surface area contributed by atoms with Crippen LogP contribution in [0.2, 0.25) is 0 Å². The molecular formula is C12H17FN2O2S. The van der Waals surface area contributed by atoms with Gasteiger partial charge in [0.25, 0.3) is 0 Å². The number of sulfonamides is 1. The molecular weight excluding hydrogens is 255 g/mol. The van der Waals surface area contributed by atoms with Gasteiger partial charge in [0.05, 0.1) is 0 Å². The van der Waals surface area contributed by atoms with Gasteiger partial charge in [-0.25, -0.2) is 17.5 Å². The van der Waals surface area contributed by atoms with Gasteiger partial charge in [-0.05, 0) is 44.0 Å². The topological polar surface area (TPSA) is 58.2 Å². The molecule has 0 radical (unpaired) electrons. The Morgan fingerprint density at radius 2 is 2.17 bits per heavy atom. The fourth-order valence-corrected chi connectivity index (χ4v) is 3.26. The van der Waals surface area contributed by atoms with Gasteiger partial charge in [0.2, 0.25) is 10.0 Å². The highest BCUT2D eigenvalue weighted by Crippen LogP contribution is 2.14. The molecule has 1 aromatic carbocycles. The molecule has 1 saturated heterocycles. The minimum Gasteiger partial charge on any atom is -0.316 e. The summed E-state index contributed by atoms with van der Waals surface area (Å²) < 4.78 is 39.7. The first-order valence-electron chi connectivity index (χ1n) is 6.04. The first-order chi connectivity index (χ1) is 8.59. The maximum atomic E-state index is 13.4. The van der Waals surface area contributed by atoms with Gasteiger partial charge < -0.3 is 5.32 Å². The number of piperidine rings is 1. The molecule has 18 heavy (non-hydrogen) atoms. The Labute approximate surface area is 107 Å². The zero-order valence-corrected chi connectivity index (χ0v) is 10.8. The molecule has 0 spiro atoms. The zero-order chi connectivity index (χ0) is 13.0. The van der Waals surface area contributed by atoms with Gasteiger partial charge in [-0.2, -0.15) is 0 Å². The monoisotopic (exact) mass is 272 g/mol. The minimum absolute atomic E-state index is 0.278. The summed E-state index contributed by atoms with van der Waals surface area (Å²) in [5.74, 6) is -0.438. The highest BCUT2D eigenvalue weighted by Gasteiger charge is 2.20. The molecule has 0 aliphatic carbocycles. The number of rotatable bonds is 4. The molecule has 0 aromatic heterocycles.